The topological polar surface area (TPSA) is 96.0 Å². The van der Waals surface area contributed by atoms with Crippen molar-refractivity contribution >= 4 is 21.9 Å². The molecule has 0 saturated carbocycles. The summed E-state index contributed by atoms with van der Waals surface area (Å²) in [4.78, 5) is 21.5. The second-order valence-electron chi connectivity index (χ2n) is 7.40. The largest absolute Gasteiger partial charge is 0.352 e. The summed E-state index contributed by atoms with van der Waals surface area (Å²) in [5.74, 6) is 0. The Morgan fingerprint density at radius 1 is 0.806 bits per heavy atom. The van der Waals surface area contributed by atoms with Gasteiger partial charge in [-0.3, -0.25) is 20.1 Å². The zero-order valence-corrected chi connectivity index (χ0v) is 16.7. The van der Waals surface area contributed by atoms with Crippen LogP contribution in [0.1, 0.15) is 5.56 Å². The third kappa shape index (κ3) is 2.86. The molecule has 6 aromatic heterocycles. The van der Waals surface area contributed by atoms with E-state index in [0.717, 1.165) is 61.4 Å². The van der Waals surface area contributed by atoms with Gasteiger partial charge in [0.2, 0.25) is 0 Å². The molecule has 6 rings (SSSR count). The minimum atomic E-state index is 0.765. The number of hydrogen-bond donors (Lipinski definition) is 2. The van der Waals surface area contributed by atoms with Gasteiger partial charge in [-0.2, -0.15) is 5.10 Å². The Morgan fingerprint density at radius 2 is 1.74 bits per heavy atom. The number of pyridine rings is 4. The summed E-state index contributed by atoms with van der Waals surface area (Å²) in [6, 6.07) is 13.9. The molecule has 0 saturated heterocycles. The first kappa shape index (κ1) is 17.5. The van der Waals surface area contributed by atoms with Gasteiger partial charge in [0, 0.05) is 41.3 Å². The molecule has 0 aliphatic carbocycles. The van der Waals surface area contributed by atoms with Crippen LogP contribution in [0, 0.1) is 6.92 Å². The fourth-order valence-electron chi connectivity index (χ4n) is 3.87. The second kappa shape index (κ2) is 6.84. The van der Waals surface area contributed by atoms with Gasteiger partial charge in [0.25, 0.3) is 0 Å². The van der Waals surface area contributed by atoms with Crippen LogP contribution in [0.25, 0.3) is 55.8 Å². The first-order chi connectivity index (χ1) is 15.3. The van der Waals surface area contributed by atoms with Crippen LogP contribution < -0.4 is 0 Å². The average molecular weight is 403 g/mol. The Balaban J connectivity index is 1.52. The number of aromatic nitrogens is 7. The summed E-state index contributed by atoms with van der Waals surface area (Å²) in [6.07, 6.45) is 9.08. The van der Waals surface area contributed by atoms with Crippen LogP contribution >= 0.6 is 0 Å². The van der Waals surface area contributed by atoms with Crippen molar-refractivity contribution in [1.82, 2.24) is 35.1 Å². The third-order valence-electron chi connectivity index (χ3n) is 5.46. The van der Waals surface area contributed by atoms with Crippen molar-refractivity contribution in [2.24, 2.45) is 0 Å². The van der Waals surface area contributed by atoms with Crippen LogP contribution in [-0.2, 0) is 0 Å². The molecule has 6 aromatic rings. The number of aryl methyl sites for hydroxylation is 1. The maximum atomic E-state index is 4.91. The Kier molecular flexibility index (Phi) is 3.86. The van der Waals surface area contributed by atoms with Crippen molar-refractivity contribution in [3.63, 3.8) is 0 Å². The molecule has 6 heterocycles. The summed E-state index contributed by atoms with van der Waals surface area (Å²) < 4.78 is 0. The number of H-pyrrole nitrogens is 2. The summed E-state index contributed by atoms with van der Waals surface area (Å²) in [5, 5.41) is 8.69. The summed E-state index contributed by atoms with van der Waals surface area (Å²) in [5.41, 5.74) is 9.10. The minimum absolute atomic E-state index is 0.765. The van der Waals surface area contributed by atoms with Crippen LogP contribution in [-0.4, -0.2) is 35.1 Å². The predicted molar refractivity (Wildman–Crippen MR) is 120 cm³/mol. The van der Waals surface area contributed by atoms with Gasteiger partial charge in [0.15, 0.2) is 0 Å². The van der Waals surface area contributed by atoms with Crippen LogP contribution in [0.5, 0.6) is 0 Å². The van der Waals surface area contributed by atoms with E-state index in [-0.39, 0.29) is 0 Å². The van der Waals surface area contributed by atoms with Gasteiger partial charge in [0.05, 0.1) is 34.3 Å². The van der Waals surface area contributed by atoms with E-state index in [1.54, 1.807) is 12.4 Å². The van der Waals surface area contributed by atoms with Crippen LogP contribution in [0.4, 0.5) is 0 Å². The van der Waals surface area contributed by atoms with E-state index >= 15 is 0 Å². The molecular formula is C24H17N7. The van der Waals surface area contributed by atoms with Gasteiger partial charge in [-0.15, -0.1) is 0 Å². The highest BCUT2D eigenvalue weighted by Gasteiger charge is 2.16. The fraction of sp³-hybridized carbons (Fsp3) is 0.0417. The maximum Gasteiger partial charge on any atom is 0.135 e. The van der Waals surface area contributed by atoms with Crippen LogP contribution in [0.3, 0.4) is 0 Å². The number of aromatic amines is 2. The van der Waals surface area contributed by atoms with Crippen molar-refractivity contribution in [3.05, 3.63) is 79.0 Å². The standard InChI is InChI=1S/C24H17N7/c1-14-7-9-25-11-16(14)19-5-6-20-23(29-19)24(31-30-20)21-10-15-17(12-26-13-22(15)28-21)18-4-2-3-8-27-18/h2-13,28H,1H3,(H,30,31). The lowest BCUT2D eigenvalue weighted by atomic mass is 10.1. The van der Waals surface area contributed by atoms with Crippen molar-refractivity contribution in [2.75, 3.05) is 0 Å². The van der Waals surface area contributed by atoms with Gasteiger partial charge >= 0.3 is 0 Å². The minimum Gasteiger partial charge on any atom is -0.352 e. The van der Waals surface area contributed by atoms with Gasteiger partial charge in [-0.25, -0.2) is 4.98 Å². The molecule has 0 unspecified atom stereocenters. The lowest BCUT2D eigenvalue weighted by Crippen LogP contribution is -1.89. The summed E-state index contributed by atoms with van der Waals surface area (Å²) in [6.45, 7) is 2.06. The molecule has 0 radical (unpaired) electrons. The van der Waals surface area contributed by atoms with Crippen LogP contribution in [0.2, 0.25) is 0 Å². The molecular weight excluding hydrogens is 386 g/mol. The van der Waals surface area contributed by atoms with E-state index in [2.05, 4.69) is 43.1 Å². The van der Waals surface area contributed by atoms with Gasteiger partial charge in [-0.1, -0.05) is 6.07 Å². The van der Waals surface area contributed by atoms with Crippen molar-refractivity contribution in [3.8, 4) is 33.9 Å². The quantitative estimate of drug-likeness (QED) is 0.437. The Bertz CT molecular complexity index is 1550. The molecule has 0 aliphatic rings. The van der Waals surface area contributed by atoms with E-state index in [4.69, 9.17) is 4.98 Å². The molecule has 0 atom stereocenters. The Labute approximate surface area is 177 Å². The molecule has 7 nitrogen and oxygen atoms in total. The van der Waals surface area contributed by atoms with Gasteiger partial charge in [-0.05, 0) is 48.9 Å². The van der Waals surface area contributed by atoms with Crippen LogP contribution in [0.15, 0.2) is 73.4 Å². The zero-order chi connectivity index (χ0) is 20.8. The third-order valence-corrected chi connectivity index (χ3v) is 5.46. The number of nitrogens with zero attached hydrogens (tertiary/aromatic N) is 5. The number of hydrogen-bond acceptors (Lipinski definition) is 5. The molecule has 0 fully saturated rings. The fourth-order valence-corrected chi connectivity index (χ4v) is 3.87. The molecule has 0 amide bonds. The summed E-state index contributed by atoms with van der Waals surface area (Å²) >= 11 is 0. The zero-order valence-electron chi connectivity index (χ0n) is 16.7. The first-order valence-corrected chi connectivity index (χ1v) is 9.92. The van der Waals surface area contributed by atoms with E-state index in [1.165, 1.54) is 0 Å². The molecule has 0 aromatic carbocycles. The molecule has 2 N–H and O–H groups in total. The molecule has 7 heteroatoms. The SMILES string of the molecule is Cc1ccncc1-c1ccc2[nH]nc(-c3cc4c(-c5ccccn5)cncc4[nH]3)c2n1. The highest BCUT2D eigenvalue weighted by atomic mass is 15.1. The molecule has 31 heavy (non-hydrogen) atoms. The van der Waals surface area contributed by atoms with Gasteiger partial charge in [0.1, 0.15) is 11.2 Å². The highest BCUT2D eigenvalue weighted by Crippen LogP contribution is 2.33. The first-order valence-electron chi connectivity index (χ1n) is 9.92. The molecule has 0 spiro atoms. The number of nitrogens with one attached hydrogen (secondary N) is 2. The monoisotopic (exact) mass is 403 g/mol. The molecule has 148 valence electrons. The van der Waals surface area contributed by atoms with E-state index in [0.29, 0.717) is 0 Å². The normalized spacial score (nSPS) is 11.4. The maximum absolute atomic E-state index is 4.91. The number of fused-ring (bicyclic) bond motifs is 2. The lowest BCUT2D eigenvalue weighted by Gasteiger charge is -2.04. The number of rotatable bonds is 3. The summed E-state index contributed by atoms with van der Waals surface area (Å²) in [7, 11) is 0. The molecule has 0 aliphatic heterocycles. The van der Waals surface area contributed by atoms with Crippen molar-refractivity contribution in [2.45, 2.75) is 6.92 Å². The van der Waals surface area contributed by atoms with E-state index in [9.17, 15) is 0 Å². The van der Waals surface area contributed by atoms with E-state index < -0.39 is 0 Å². The van der Waals surface area contributed by atoms with E-state index in [1.807, 2.05) is 55.0 Å². The van der Waals surface area contributed by atoms with Crippen molar-refractivity contribution < 1.29 is 0 Å². The predicted octanol–water partition coefficient (Wildman–Crippen LogP) is 4.93. The Hall–Kier alpha value is -4.39. The lowest BCUT2D eigenvalue weighted by molar-refractivity contribution is 1.12. The smallest absolute Gasteiger partial charge is 0.135 e. The van der Waals surface area contributed by atoms with Gasteiger partial charge < -0.3 is 4.98 Å². The Morgan fingerprint density at radius 3 is 2.61 bits per heavy atom. The molecule has 0 bridgehead atoms. The highest BCUT2D eigenvalue weighted by molar-refractivity contribution is 5.99. The average Bonchev–Trinajstić information content (AvgIpc) is 3.43. The second-order valence-corrected chi connectivity index (χ2v) is 7.40. The van der Waals surface area contributed by atoms with Crippen molar-refractivity contribution in [1.29, 1.82) is 0 Å².